The van der Waals surface area contributed by atoms with Crippen LogP contribution in [0.5, 0.6) is 0 Å². The number of hydrogen-bond donors (Lipinski definition) is 0. The van der Waals surface area contributed by atoms with E-state index in [9.17, 15) is 0 Å². The first-order valence-electron chi connectivity index (χ1n) is 0.267. The van der Waals surface area contributed by atoms with Crippen LogP contribution in [0.4, 0.5) is 0 Å². The molecular weight excluding hydrogens is 204 g/mol. The minimum absolute atomic E-state index is 0. The van der Waals surface area contributed by atoms with Crippen molar-refractivity contribution in [3.63, 3.8) is 0 Å². The molecule has 0 aliphatic heterocycles. The molecule has 0 bridgehead atoms. The number of rotatable bonds is 0. The first-order chi connectivity index (χ1) is 1.41. The molecule has 2 nitrogen and oxygen atoms in total. The normalized spacial score (nSPS) is 4.40. The van der Waals surface area contributed by atoms with Crippen molar-refractivity contribution >= 4 is 19.4 Å². The van der Waals surface area contributed by atoms with Gasteiger partial charge in [-0.25, -0.2) is 0 Å². The van der Waals surface area contributed by atoms with Crippen molar-refractivity contribution < 1.29 is 26.1 Å². The van der Waals surface area contributed by atoms with E-state index in [-0.39, 0.29) is 26.1 Å². The second-order valence-corrected chi connectivity index (χ2v) is 2.69. The SMILES string of the molecule is O.O.[Cl][Ru][Cl]. The van der Waals surface area contributed by atoms with Crippen molar-refractivity contribution in [2.24, 2.45) is 0 Å². The summed E-state index contributed by atoms with van der Waals surface area (Å²) in [5.41, 5.74) is 0. The molecule has 0 heterocycles. The molecule has 0 rings (SSSR count). The van der Waals surface area contributed by atoms with Gasteiger partial charge in [-0.15, -0.1) is 0 Å². The maximum atomic E-state index is 4.85. The summed E-state index contributed by atoms with van der Waals surface area (Å²) in [6.07, 6.45) is 0. The third-order valence-corrected chi connectivity index (χ3v) is 0. The average molecular weight is 208 g/mol. The molecular formula is H4Cl2O2Ru. The Morgan fingerprint density at radius 3 is 1.00 bits per heavy atom. The molecule has 0 unspecified atom stereocenters. The molecule has 0 saturated heterocycles. The van der Waals surface area contributed by atoms with Crippen LogP contribution in [0.3, 0.4) is 0 Å². The van der Waals surface area contributed by atoms with E-state index in [0.29, 0.717) is 0 Å². The Labute approximate surface area is 45.8 Å². The summed E-state index contributed by atoms with van der Waals surface area (Å²) in [6, 6.07) is 0. The van der Waals surface area contributed by atoms with Gasteiger partial charge in [0.05, 0.1) is 0 Å². The zero-order valence-electron chi connectivity index (χ0n) is 2.11. The van der Waals surface area contributed by atoms with Gasteiger partial charge in [-0.2, -0.15) is 0 Å². The third kappa shape index (κ3) is 39.6. The summed E-state index contributed by atoms with van der Waals surface area (Å²) in [5, 5.41) is 0. The molecule has 0 spiro atoms. The van der Waals surface area contributed by atoms with Crippen molar-refractivity contribution in [1.29, 1.82) is 0 Å². The summed E-state index contributed by atoms with van der Waals surface area (Å²) in [7, 11) is 9.71. The van der Waals surface area contributed by atoms with Gasteiger partial charge < -0.3 is 11.0 Å². The van der Waals surface area contributed by atoms with Gasteiger partial charge in [0, 0.05) is 0 Å². The van der Waals surface area contributed by atoms with Gasteiger partial charge >= 0.3 is 34.5 Å². The molecule has 0 saturated carbocycles. The van der Waals surface area contributed by atoms with E-state index in [1.807, 2.05) is 0 Å². The van der Waals surface area contributed by atoms with Crippen LogP contribution in [0.1, 0.15) is 0 Å². The fourth-order valence-electron chi connectivity index (χ4n) is 0. The van der Waals surface area contributed by atoms with Crippen LogP contribution in [-0.4, -0.2) is 11.0 Å². The summed E-state index contributed by atoms with van der Waals surface area (Å²) in [6.45, 7) is 0. The van der Waals surface area contributed by atoms with E-state index in [0.717, 1.165) is 0 Å². The Hall–Kier alpha value is 1.12. The standard InChI is InChI=1S/2ClH.2H2O.Ru/h2*1H;2*1H2;/q;;;;+2/p-2. The molecule has 0 aliphatic rings. The molecule has 4 N–H and O–H groups in total. The van der Waals surface area contributed by atoms with Gasteiger partial charge in [0.15, 0.2) is 0 Å². The zero-order chi connectivity index (χ0) is 2.71. The summed E-state index contributed by atoms with van der Waals surface area (Å²) in [4.78, 5) is 0. The monoisotopic (exact) mass is 208 g/mol. The first kappa shape index (κ1) is 16.5. The Bertz CT molecular complexity index is 7.61. The van der Waals surface area contributed by atoms with Gasteiger partial charge in [0.25, 0.3) is 0 Å². The van der Waals surface area contributed by atoms with Crippen LogP contribution in [0.15, 0.2) is 0 Å². The van der Waals surface area contributed by atoms with Crippen LogP contribution in [0, 0.1) is 0 Å². The summed E-state index contributed by atoms with van der Waals surface area (Å²) < 4.78 is 0. The second kappa shape index (κ2) is 19.3. The van der Waals surface area contributed by atoms with Crippen molar-refractivity contribution in [3.8, 4) is 0 Å². The van der Waals surface area contributed by atoms with Crippen LogP contribution >= 0.6 is 19.4 Å². The summed E-state index contributed by atoms with van der Waals surface area (Å²) >= 11 is -0.346. The van der Waals surface area contributed by atoms with Crippen LogP contribution in [0.2, 0.25) is 0 Å². The Morgan fingerprint density at radius 1 is 1.00 bits per heavy atom. The van der Waals surface area contributed by atoms with Crippen molar-refractivity contribution in [3.05, 3.63) is 0 Å². The molecule has 38 valence electrons. The van der Waals surface area contributed by atoms with Crippen molar-refractivity contribution in [2.75, 3.05) is 0 Å². The predicted octanol–water partition coefficient (Wildman–Crippen LogP) is -0.273. The molecule has 5 heteroatoms. The molecule has 0 amide bonds. The molecule has 0 aromatic carbocycles. The number of hydrogen-bond acceptors (Lipinski definition) is 0. The van der Waals surface area contributed by atoms with E-state index >= 15 is 0 Å². The Kier molecular flexibility index (Phi) is 63.7. The fraction of sp³-hybridized carbons (Fsp3) is 0. The van der Waals surface area contributed by atoms with Crippen LogP contribution in [-0.2, 0) is 15.1 Å². The maximum absolute atomic E-state index is 4.85. The van der Waals surface area contributed by atoms with Crippen molar-refractivity contribution in [1.82, 2.24) is 0 Å². The van der Waals surface area contributed by atoms with E-state index in [1.165, 1.54) is 0 Å². The second-order valence-electron chi connectivity index (χ2n) is 0.0505. The van der Waals surface area contributed by atoms with Crippen molar-refractivity contribution in [2.45, 2.75) is 0 Å². The first-order valence-corrected chi connectivity index (χ1v) is 4.74. The average Bonchev–Trinajstić information content (AvgIpc) is 0.918. The Morgan fingerprint density at radius 2 is 1.00 bits per heavy atom. The topological polar surface area (TPSA) is 63.0 Å². The minimum atomic E-state index is -0.346. The molecule has 0 aromatic heterocycles. The quantitative estimate of drug-likeness (QED) is 0.492. The van der Waals surface area contributed by atoms with Gasteiger partial charge in [0.2, 0.25) is 0 Å². The van der Waals surface area contributed by atoms with Gasteiger partial charge in [-0.05, 0) is 0 Å². The van der Waals surface area contributed by atoms with E-state index < -0.39 is 0 Å². The molecule has 0 aromatic rings. The van der Waals surface area contributed by atoms with Gasteiger partial charge in [0.1, 0.15) is 0 Å². The molecule has 0 atom stereocenters. The predicted molar refractivity (Wildman–Crippen MR) is 18.9 cm³/mol. The van der Waals surface area contributed by atoms with Crippen LogP contribution in [0.25, 0.3) is 0 Å². The van der Waals surface area contributed by atoms with E-state index in [4.69, 9.17) is 19.4 Å². The molecule has 5 heavy (non-hydrogen) atoms. The summed E-state index contributed by atoms with van der Waals surface area (Å²) in [5.74, 6) is 0. The zero-order valence-corrected chi connectivity index (χ0v) is 5.36. The van der Waals surface area contributed by atoms with Gasteiger partial charge in [-0.1, -0.05) is 0 Å². The Balaban J connectivity index is -0.0000000200. The fourth-order valence-corrected chi connectivity index (χ4v) is 0. The molecule has 0 fully saturated rings. The van der Waals surface area contributed by atoms with E-state index in [1.54, 1.807) is 0 Å². The molecule has 0 radical (unpaired) electrons. The van der Waals surface area contributed by atoms with Crippen LogP contribution < -0.4 is 0 Å². The van der Waals surface area contributed by atoms with Gasteiger partial charge in [-0.3, -0.25) is 0 Å². The molecule has 0 aliphatic carbocycles. The van der Waals surface area contributed by atoms with E-state index in [2.05, 4.69) is 0 Å². The third-order valence-electron chi connectivity index (χ3n) is 0. The number of halogens is 2.